The molecule has 31 heavy (non-hydrogen) atoms. The number of halogens is 1. The van der Waals surface area contributed by atoms with E-state index in [1.54, 1.807) is 12.1 Å². The maximum atomic E-state index is 12.9. The fourth-order valence-electron chi connectivity index (χ4n) is 2.72. The maximum absolute atomic E-state index is 12.9. The van der Waals surface area contributed by atoms with Crippen molar-refractivity contribution in [3.63, 3.8) is 0 Å². The normalized spacial score (nSPS) is 10.4. The number of nitrogens with one attached hydrogen (secondary N) is 2. The van der Waals surface area contributed by atoms with Crippen LogP contribution in [0.5, 0.6) is 5.75 Å². The van der Waals surface area contributed by atoms with Gasteiger partial charge in [-0.25, -0.2) is 4.39 Å². The van der Waals surface area contributed by atoms with Gasteiger partial charge in [0.1, 0.15) is 18.2 Å². The highest BCUT2D eigenvalue weighted by atomic mass is 32.2. The molecule has 0 unspecified atom stereocenters. The molecule has 0 aliphatic carbocycles. The molecule has 0 fully saturated rings. The molecule has 3 rings (SSSR count). The monoisotopic (exact) mass is 438 g/mol. The molecule has 2 amide bonds. The van der Waals surface area contributed by atoms with Gasteiger partial charge in [0.2, 0.25) is 5.91 Å². The van der Waals surface area contributed by atoms with Crippen molar-refractivity contribution in [1.82, 2.24) is 5.32 Å². The van der Waals surface area contributed by atoms with Gasteiger partial charge in [-0.15, -0.1) is 11.8 Å². The Morgan fingerprint density at radius 3 is 2.42 bits per heavy atom. The highest BCUT2D eigenvalue weighted by Crippen LogP contribution is 2.23. The van der Waals surface area contributed by atoms with Crippen LogP contribution in [0.4, 0.5) is 10.1 Å². The zero-order chi connectivity index (χ0) is 22.1. The highest BCUT2D eigenvalue weighted by Gasteiger charge is 2.13. The van der Waals surface area contributed by atoms with Crippen molar-refractivity contribution >= 4 is 29.3 Å². The molecule has 2 N–H and O–H groups in total. The van der Waals surface area contributed by atoms with E-state index in [1.165, 1.54) is 36.0 Å². The number of carbonyl (C=O) groups excluding carboxylic acids is 2. The smallest absolute Gasteiger partial charge is 0.252 e. The fraction of sp³-hybridized carbons (Fsp3) is 0.167. The Balaban J connectivity index is 1.48. The van der Waals surface area contributed by atoms with E-state index in [0.29, 0.717) is 17.9 Å². The standard InChI is InChI=1S/C24H23FN2O3S/c1-17-6-10-19(11-7-17)27-23(28)16-31-22-5-3-2-4-21(22)24(29)26-14-15-30-20-12-8-18(25)9-13-20/h2-13H,14-16H2,1H3,(H,26,29)(H,27,28). The summed E-state index contributed by atoms with van der Waals surface area (Å²) in [6.45, 7) is 2.53. The summed E-state index contributed by atoms with van der Waals surface area (Å²) >= 11 is 1.30. The predicted octanol–water partition coefficient (Wildman–Crippen LogP) is 4.67. The molecule has 0 aliphatic heterocycles. The van der Waals surface area contributed by atoms with Crippen molar-refractivity contribution in [3.05, 3.63) is 89.7 Å². The molecule has 0 saturated carbocycles. The van der Waals surface area contributed by atoms with Crippen LogP contribution in [0.1, 0.15) is 15.9 Å². The summed E-state index contributed by atoms with van der Waals surface area (Å²) in [6.07, 6.45) is 0. The fourth-order valence-corrected chi connectivity index (χ4v) is 3.57. The number of thioether (sulfide) groups is 1. The summed E-state index contributed by atoms with van der Waals surface area (Å²) in [5.74, 6) is 0.00118. The van der Waals surface area contributed by atoms with Crippen LogP contribution < -0.4 is 15.4 Å². The second-order valence-electron chi connectivity index (χ2n) is 6.76. The molecule has 0 saturated heterocycles. The Kier molecular flexibility index (Phi) is 8.06. The van der Waals surface area contributed by atoms with E-state index in [-0.39, 0.29) is 30.0 Å². The van der Waals surface area contributed by atoms with Crippen molar-refractivity contribution in [2.75, 3.05) is 24.2 Å². The van der Waals surface area contributed by atoms with Crippen LogP contribution in [0.25, 0.3) is 0 Å². The SMILES string of the molecule is Cc1ccc(NC(=O)CSc2ccccc2C(=O)NCCOc2ccc(F)cc2)cc1. The van der Waals surface area contributed by atoms with Gasteiger partial charge < -0.3 is 15.4 Å². The molecule has 0 heterocycles. The summed E-state index contributed by atoms with van der Waals surface area (Å²) < 4.78 is 18.4. The molecule has 0 spiro atoms. The van der Waals surface area contributed by atoms with Gasteiger partial charge in [0, 0.05) is 10.6 Å². The average molecular weight is 439 g/mol. The number of rotatable bonds is 9. The van der Waals surface area contributed by atoms with Gasteiger partial charge in [-0.1, -0.05) is 29.8 Å². The number of carbonyl (C=O) groups is 2. The van der Waals surface area contributed by atoms with Crippen molar-refractivity contribution in [1.29, 1.82) is 0 Å². The zero-order valence-corrected chi connectivity index (χ0v) is 17.9. The van der Waals surface area contributed by atoms with Crippen LogP contribution in [0.15, 0.2) is 77.7 Å². The lowest BCUT2D eigenvalue weighted by Gasteiger charge is -2.11. The van der Waals surface area contributed by atoms with Gasteiger partial charge in [-0.05, 0) is 55.5 Å². The molecule has 3 aromatic carbocycles. The molecule has 160 valence electrons. The Hall–Kier alpha value is -3.32. The Morgan fingerprint density at radius 1 is 0.968 bits per heavy atom. The van der Waals surface area contributed by atoms with Gasteiger partial charge >= 0.3 is 0 Å². The number of ether oxygens (including phenoxy) is 1. The maximum Gasteiger partial charge on any atom is 0.252 e. The van der Waals surface area contributed by atoms with E-state index in [9.17, 15) is 14.0 Å². The number of amides is 2. The van der Waals surface area contributed by atoms with Gasteiger partial charge in [-0.2, -0.15) is 0 Å². The molecule has 7 heteroatoms. The molecule has 0 atom stereocenters. The van der Waals surface area contributed by atoms with Crippen LogP contribution >= 0.6 is 11.8 Å². The molecule has 0 aromatic heterocycles. The summed E-state index contributed by atoms with van der Waals surface area (Å²) in [5, 5.41) is 5.65. The van der Waals surface area contributed by atoms with E-state index >= 15 is 0 Å². The Labute approximate surface area is 185 Å². The van der Waals surface area contributed by atoms with Crippen LogP contribution in [0.3, 0.4) is 0 Å². The molecule has 0 radical (unpaired) electrons. The van der Waals surface area contributed by atoms with Crippen molar-refractivity contribution in [2.24, 2.45) is 0 Å². The quantitative estimate of drug-likeness (QED) is 0.376. The van der Waals surface area contributed by atoms with Gasteiger partial charge in [0.05, 0.1) is 17.9 Å². The summed E-state index contributed by atoms with van der Waals surface area (Å²) in [7, 11) is 0. The van der Waals surface area contributed by atoms with Gasteiger partial charge in [-0.3, -0.25) is 9.59 Å². The summed E-state index contributed by atoms with van der Waals surface area (Å²) in [5.41, 5.74) is 2.36. The third-order valence-corrected chi connectivity index (χ3v) is 5.37. The van der Waals surface area contributed by atoms with Crippen LogP contribution in [0.2, 0.25) is 0 Å². The molecule has 0 aliphatic rings. The minimum atomic E-state index is -0.331. The second-order valence-corrected chi connectivity index (χ2v) is 7.77. The van der Waals surface area contributed by atoms with Crippen LogP contribution in [-0.4, -0.2) is 30.7 Å². The number of aryl methyl sites for hydroxylation is 1. The first kappa shape index (κ1) is 22.4. The largest absolute Gasteiger partial charge is 0.492 e. The van der Waals surface area contributed by atoms with Crippen molar-refractivity contribution in [3.8, 4) is 5.75 Å². The second kappa shape index (κ2) is 11.2. The molecule has 5 nitrogen and oxygen atoms in total. The number of anilines is 1. The molecular formula is C24H23FN2O3S. The summed E-state index contributed by atoms with van der Waals surface area (Å²) in [4.78, 5) is 25.5. The number of hydrogen-bond donors (Lipinski definition) is 2. The minimum Gasteiger partial charge on any atom is -0.492 e. The number of hydrogen-bond acceptors (Lipinski definition) is 4. The lowest BCUT2D eigenvalue weighted by atomic mass is 10.2. The van der Waals surface area contributed by atoms with E-state index in [1.807, 2.05) is 43.3 Å². The van der Waals surface area contributed by atoms with Crippen molar-refractivity contribution < 1.29 is 18.7 Å². The molecule has 3 aromatic rings. The van der Waals surface area contributed by atoms with Crippen molar-refractivity contribution in [2.45, 2.75) is 11.8 Å². The zero-order valence-electron chi connectivity index (χ0n) is 17.1. The third-order valence-electron chi connectivity index (χ3n) is 4.30. The van der Waals surface area contributed by atoms with Crippen LogP contribution in [0, 0.1) is 12.7 Å². The predicted molar refractivity (Wildman–Crippen MR) is 121 cm³/mol. The van der Waals surface area contributed by atoms with E-state index in [4.69, 9.17) is 4.74 Å². The minimum absolute atomic E-state index is 0.142. The lowest BCUT2D eigenvalue weighted by Crippen LogP contribution is -2.28. The van der Waals surface area contributed by atoms with E-state index in [2.05, 4.69) is 10.6 Å². The Bertz CT molecular complexity index is 1020. The lowest BCUT2D eigenvalue weighted by molar-refractivity contribution is -0.113. The first-order valence-electron chi connectivity index (χ1n) is 9.76. The topological polar surface area (TPSA) is 67.4 Å². The average Bonchev–Trinajstić information content (AvgIpc) is 2.78. The highest BCUT2D eigenvalue weighted by molar-refractivity contribution is 8.00. The van der Waals surface area contributed by atoms with E-state index < -0.39 is 0 Å². The first-order valence-corrected chi connectivity index (χ1v) is 10.7. The van der Waals surface area contributed by atoms with Crippen LogP contribution in [-0.2, 0) is 4.79 Å². The third kappa shape index (κ3) is 7.15. The first-order chi connectivity index (χ1) is 15.0. The Morgan fingerprint density at radius 2 is 1.68 bits per heavy atom. The van der Waals surface area contributed by atoms with Gasteiger partial charge in [0.25, 0.3) is 5.91 Å². The van der Waals surface area contributed by atoms with Gasteiger partial charge in [0.15, 0.2) is 0 Å². The molecule has 0 bridgehead atoms. The molecular weight excluding hydrogens is 415 g/mol. The summed E-state index contributed by atoms with van der Waals surface area (Å²) in [6, 6.07) is 20.4. The van der Waals surface area contributed by atoms with E-state index in [0.717, 1.165) is 16.1 Å². The number of benzene rings is 3.